The van der Waals surface area contributed by atoms with E-state index in [-0.39, 0.29) is 0 Å². The van der Waals surface area contributed by atoms with E-state index in [4.69, 9.17) is 13.3 Å². The minimum Gasteiger partial charge on any atom is -0.377 e. The van der Waals surface area contributed by atoms with Crippen molar-refractivity contribution >= 4 is 8.80 Å². The first-order valence-electron chi connectivity index (χ1n) is 7.27. The van der Waals surface area contributed by atoms with Crippen LogP contribution in [-0.2, 0) is 25.9 Å². The Kier molecular flexibility index (Phi) is 7.54. The van der Waals surface area contributed by atoms with E-state index >= 15 is 0 Å². The summed E-state index contributed by atoms with van der Waals surface area (Å²) in [6, 6.07) is 6.01. The maximum Gasteiger partial charge on any atom is 0.500 e. The number of hydrogen-bond donors (Lipinski definition) is 0. The molecular formula is C15H23F3O3Si. The van der Waals surface area contributed by atoms with E-state index in [1.807, 2.05) is 6.92 Å². The van der Waals surface area contributed by atoms with E-state index < -0.39 is 20.5 Å². The quantitative estimate of drug-likeness (QED) is 0.497. The minimum atomic E-state index is -4.28. The van der Waals surface area contributed by atoms with Gasteiger partial charge < -0.3 is 13.3 Å². The normalized spacial score (nSPS) is 12.6. The van der Waals surface area contributed by atoms with Crippen molar-refractivity contribution in [2.24, 2.45) is 0 Å². The first kappa shape index (κ1) is 19.2. The highest BCUT2D eigenvalue weighted by Crippen LogP contribution is 2.29. The molecule has 0 N–H and O–H groups in total. The van der Waals surface area contributed by atoms with Crippen molar-refractivity contribution < 1.29 is 26.4 Å². The summed E-state index contributed by atoms with van der Waals surface area (Å²) >= 11 is 0. The first-order valence-corrected chi connectivity index (χ1v) is 9.20. The second-order valence-corrected chi connectivity index (χ2v) is 7.90. The van der Waals surface area contributed by atoms with E-state index in [0.29, 0.717) is 12.7 Å². The van der Waals surface area contributed by atoms with Crippen LogP contribution in [0.4, 0.5) is 13.2 Å². The zero-order chi connectivity index (χ0) is 16.6. The van der Waals surface area contributed by atoms with Crippen LogP contribution < -0.4 is 0 Å². The molecule has 0 saturated heterocycles. The third kappa shape index (κ3) is 5.72. The van der Waals surface area contributed by atoms with Crippen LogP contribution in [0.5, 0.6) is 0 Å². The third-order valence-electron chi connectivity index (χ3n) is 3.47. The molecular weight excluding hydrogens is 313 g/mol. The highest BCUT2D eigenvalue weighted by molar-refractivity contribution is 6.60. The van der Waals surface area contributed by atoms with Gasteiger partial charge in [0.2, 0.25) is 0 Å². The summed E-state index contributed by atoms with van der Waals surface area (Å²) in [5, 5.41) is 0. The van der Waals surface area contributed by atoms with Crippen molar-refractivity contribution in [1.29, 1.82) is 0 Å². The highest BCUT2D eigenvalue weighted by Gasteiger charge is 2.37. The smallest absolute Gasteiger partial charge is 0.377 e. The van der Waals surface area contributed by atoms with Crippen LogP contribution in [0.2, 0.25) is 6.04 Å². The average Bonchev–Trinajstić information content (AvgIpc) is 2.50. The standard InChI is InChI=1S/C15H23F3O3Si/c1-4-21-22(19-2,20-3)12-6-5-7-13-8-10-14(11-9-13)15(16,17)18/h8-11H,4-7,12H2,1-3H3. The number of aryl methyl sites for hydroxylation is 1. The Hall–Kier alpha value is -0.893. The molecule has 0 aliphatic rings. The summed E-state index contributed by atoms with van der Waals surface area (Å²) in [6.45, 7) is 2.43. The van der Waals surface area contributed by atoms with Gasteiger partial charge in [-0.05, 0) is 43.9 Å². The molecule has 0 spiro atoms. The zero-order valence-corrected chi connectivity index (χ0v) is 14.2. The Morgan fingerprint density at radius 1 is 1.00 bits per heavy atom. The highest BCUT2D eigenvalue weighted by atomic mass is 28.4. The lowest BCUT2D eigenvalue weighted by molar-refractivity contribution is -0.137. The zero-order valence-electron chi connectivity index (χ0n) is 13.2. The molecule has 3 nitrogen and oxygen atoms in total. The van der Waals surface area contributed by atoms with Gasteiger partial charge >= 0.3 is 15.0 Å². The van der Waals surface area contributed by atoms with Crippen molar-refractivity contribution in [3.63, 3.8) is 0 Å². The van der Waals surface area contributed by atoms with E-state index in [1.165, 1.54) is 12.1 Å². The number of benzene rings is 1. The summed E-state index contributed by atoms with van der Waals surface area (Å²) in [5.41, 5.74) is 0.282. The summed E-state index contributed by atoms with van der Waals surface area (Å²) in [4.78, 5) is 0. The van der Waals surface area contributed by atoms with Crippen LogP contribution in [0.1, 0.15) is 30.9 Å². The Bertz CT molecular complexity index is 431. The number of unbranched alkanes of at least 4 members (excludes halogenated alkanes) is 1. The maximum absolute atomic E-state index is 12.5. The monoisotopic (exact) mass is 336 g/mol. The molecule has 0 aliphatic heterocycles. The molecule has 0 heterocycles. The van der Waals surface area contributed by atoms with E-state index in [2.05, 4.69) is 0 Å². The van der Waals surface area contributed by atoms with Crippen molar-refractivity contribution in [3.05, 3.63) is 35.4 Å². The fraction of sp³-hybridized carbons (Fsp3) is 0.600. The van der Waals surface area contributed by atoms with Gasteiger partial charge in [0.1, 0.15) is 0 Å². The average molecular weight is 336 g/mol. The molecule has 0 aromatic heterocycles. The largest absolute Gasteiger partial charge is 0.500 e. The lowest BCUT2D eigenvalue weighted by Crippen LogP contribution is -2.43. The third-order valence-corrected chi connectivity index (χ3v) is 6.40. The molecule has 1 aromatic carbocycles. The molecule has 126 valence electrons. The Balaban J connectivity index is 2.44. The number of halogens is 3. The molecule has 0 unspecified atom stereocenters. The Morgan fingerprint density at radius 3 is 2.05 bits per heavy atom. The van der Waals surface area contributed by atoms with Crippen LogP contribution in [0.15, 0.2) is 24.3 Å². The molecule has 0 amide bonds. The summed E-state index contributed by atoms with van der Waals surface area (Å²) in [5.74, 6) is 0. The second-order valence-electron chi connectivity index (χ2n) is 4.93. The predicted molar refractivity (Wildman–Crippen MR) is 80.6 cm³/mol. The Labute approximate surface area is 130 Å². The lowest BCUT2D eigenvalue weighted by Gasteiger charge is -2.25. The molecule has 0 radical (unpaired) electrons. The van der Waals surface area contributed by atoms with Gasteiger partial charge in [-0.2, -0.15) is 13.2 Å². The van der Waals surface area contributed by atoms with Crippen LogP contribution in [0.25, 0.3) is 0 Å². The first-order chi connectivity index (χ1) is 10.4. The Morgan fingerprint density at radius 2 is 1.59 bits per heavy atom. The summed E-state index contributed by atoms with van der Waals surface area (Å²) in [6.07, 6.45) is -1.87. The van der Waals surface area contributed by atoms with Crippen molar-refractivity contribution in [1.82, 2.24) is 0 Å². The van der Waals surface area contributed by atoms with Crippen LogP contribution in [0.3, 0.4) is 0 Å². The van der Waals surface area contributed by atoms with Crippen molar-refractivity contribution in [3.8, 4) is 0 Å². The molecule has 0 bridgehead atoms. The van der Waals surface area contributed by atoms with Crippen LogP contribution >= 0.6 is 0 Å². The van der Waals surface area contributed by atoms with Gasteiger partial charge in [0.25, 0.3) is 0 Å². The number of alkyl halides is 3. The fourth-order valence-electron chi connectivity index (χ4n) is 2.23. The number of rotatable bonds is 9. The van der Waals surface area contributed by atoms with Crippen LogP contribution in [-0.4, -0.2) is 29.6 Å². The van der Waals surface area contributed by atoms with Crippen molar-refractivity contribution in [2.45, 2.75) is 38.4 Å². The fourth-order valence-corrected chi connectivity index (χ4v) is 4.31. The molecule has 22 heavy (non-hydrogen) atoms. The van der Waals surface area contributed by atoms with Crippen LogP contribution in [0, 0.1) is 0 Å². The maximum atomic E-state index is 12.5. The topological polar surface area (TPSA) is 27.7 Å². The molecule has 0 fully saturated rings. The van der Waals surface area contributed by atoms with Gasteiger partial charge in [0, 0.05) is 26.9 Å². The van der Waals surface area contributed by atoms with Gasteiger partial charge in [-0.25, -0.2) is 0 Å². The van der Waals surface area contributed by atoms with E-state index in [9.17, 15) is 13.2 Å². The molecule has 1 rings (SSSR count). The SMILES string of the molecule is CCO[Si](CCCCc1ccc(C(F)(F)F)cc1)(OC)OC. The minimum absolute atomic E-state index is 0.535. The molecule has 1 aromatic rings. The van der Waals surface area contributed by atoms with Gasteiger partial charge in [-0.15, -0.1) is 0 Å². The molecule has 0 atom stereocenters. The molecule has 7 heteroatoms. The molecule has 0 saturated carbocycles. The lowest BCUT2D eigenvalue weighted by atomic mass is 10.1. The van der Waals surface area contributed by atoms with Gasteiger partial charge in [0.15, 0.2) is 0 Å². The van der Waals surface area contributed by atoms with E-state index in [0.717, 1.165) is 37.0 Å². The van der Waals surface area contributed by atoms with Gasteiger partial charge in [0.05, 0.1) is 5.56 Å². The summed E-state index contributed by atoms with van der Waals surface area (Å²) in [7, 11) is 0.605. The van der Waals surface area contributed by atoms with Gasteiger partial charge in [-0.3, -0.25) is 0 Å². The predicted octanol–water partition coefficient (Wildman–Crippen LogP) is 4.30. The number of hydrogen-bond acceptors (Lipinski definition) is 3. The van der Waals surface area contributed by atoms with Gasteiger partial charge in [-0.1, -0.05) is 12.1 Å². The molecule has 0 aliphatic carbocycles. The second kappa shape index (κ2) is 8.66. The summed E-state index contributed by atoms with van der Waals surface area (Å²) < 4.78 is 53.8. The van der Waals surface area contributed by atoms with Crippen molar-refractivity contribution in [2.75, 3.05) is 20.8 Å². The van der Waals surface area contributed by atoms with E-state index in [1.54, 1.807) is 14.2 Å².